The van der Waals surface area contributed by atoms with Crippen LogP contribution in [0.3, 0.4) is 0 Å². The maximum atomic E-state index is 12.6. The molecule has 33 heavy (non-hydrogen) atoms. The van der Waals surface area contributed by atoms with Gasteiger partial charge in [0.05, 0.1) is 19.1 Å². The van der Waals surface area contributed by atoms with Crippen molar-refractivity contribution in [2.75, 3.05) is 13.7 Å². The Morgan fingerprint density at radius 2 is 2.09 bits per heavy atom. The Morgan fingerprint density at radius 1 is 1.30 bits per heavy atom. The van der Waals surface area contributed by atoms with Crippen LogP contribution in [-0.2, 0) is 20.9 Å². The van der Waals surface area contributed by atoms with Crippen LogP contribution in [0.5, 0.6) is 5.75 Å². The van der Waals surface area contributed by atoms with E-state index in [0.717, 1.165) is 48.5 Å². The van der Waals surface area contributed by atoms with Gasteiger partial charge in [0.2, 0.25) is 17.7 Å². The van der Waals surface area contributed by atoms with Crippen molar-refractivity contribution in [3.05, 3.63) is 35.7 Å². The van der Waals surface area contributed by atoms with E-state index in [-0.39, 0.29) is 18.4 Å². The van der Waals surface area contributed by atoms with E-state index in [4.69, 9.17) is 19.6 Å². The van der Waals surface area contributed by atoms with E-state index >= 15 is 0 Å². The van der Waals surface area contributed by atoms with E-state index in [2.05, 4.69) is 10.3 Å². The summed E-state index contributed by atoms with van der Waals surface area (Å²) in [6.45, 7) is 6.35. The molecule has 0 spiro atoms. The first-order chi connectivity index (χ1) is 15.7. The predicted molar refractivity (Wildman–Crippen MR) is 124 cm³/mol. The minimum absolute atomic E-state index is 0.0346. The number of benzene rings is 1. The van der Waals surface area contributed by atoms with Gasteiger partial charge in [-0.05, 0) is 50.3 Å². The Balaban J connectivity index is 1.50. The summed E-state index contributed by atoms with van der Waals surface area (Å²) in [5.41, 5.74) is 6.11. The number of amides is 2. The number of hydrogen-bond acceptors (Lipinski definition) is 6. The Labute approximate surface area is 195 Å². The minimum Gasteiger partial charge on any atom is -0.497 e. The second kappa shape index (κ2) is 10.8. The molecular weight excluding hydrogens is 422 g/mol. The number of rotatable bonds is 10. The number of carbonyl (C=O) groups is 2. The number of aromatic nitrogens is 1. The van der Waals surface area contributed by atoms with E-state index in [0.29, 0.717) is 25.0 Å². The fourth-order valence-electron chi connectivity index (χ4n) is 4.23. The largest absolute Gasteiger partial charge is 0.497 e. The topological polar surface area (TPSA) is 117 Å². The molecule has 180 valence electrons. The highest BCUT2D eigenvalue weighted by Gasteiger charge is 2.32. The number of primary amides is 1. The van der Waals surface area contributed by atoms with Gasteiger partial charge in [0, 0.05) is 24.6 Å². The van der Waals surface area contributed by atoms with Crippen LogP contribution >= 0.6 is 0 Å². The molecule has 0 saturated heterocycles. The molecule has 1 aromatic heterocycles. The van der Waals surface area contributed by atoms with Gasteiger partial charge in [-0.1, -0.05) is 26.3 Å². The van der Waals surface area contributed by atoms with Gasteiger partial charge in [-0.25, -0.2) is 4.98 Å². The number of nitrogens with zero attached hydrogens (tertiary/aromatic N) is 1. The van der Waals surface area contributed by atoms with Crippen LogP contribution in [-0.4, -0.2) is 36.6 Å². The lowest BCUT2D eigenvalue weighted by atomic mass is 9.84. The van der Waals surface area contributed by atoms with Gasteiger partial charge in [-0.15, -0.1) is 0 Å². The highest BCUT2D eigenvalue weighted by atomic mass is 16.5. The van der Waals surface area contributed by atoms with Crippen molar-refractivity contribution in [3.63, 3.8) is 0 Å². The minimum atomic E-state index is -0.805. The number of nitrogens with one attached hydrogen (secondary N) is 1. The summed E-state index contributed by atoms with van der Waals surface area (Å²) >= 11 is 0. The molecule has 2 amide bonds. The van der Waals surface area contributed by atoms with E-state index in [9.17, 15) is 9.59 Å². The summed E-state index contributed by atoms with van der Waals surface area (Å²) in [6.07, 6.45) is 3.90. The SMILES string of the molecule is COc1cccc(-c2nc(COCC3CCCC(NC(=O)C(C)(C)CC(N)=O)C3)c(C)o2)c1. The van der Waals surface area contributed by atoms with Gasteiger partial charge >= 0.3 is 0 Å². The van der Waals surface area contributed by atoms with Crippen LogP contribution in [0.25, 0.3) is 11.5 Å². The highest BCUT2D eigenvalue weighted by molar-refractivity contribution is 5.87. The molecule has 1 saturated carbocycles. The zero-order valence-corrected chi connectivity index (χ0v) is 20.0. The second-order valence-corrected chi connectivity index (χ2v) is 9.50. The van der Waals surface area contributed by atoms with Crippen LogP contribution in [0.2, 0.25) is 0 Å². The molecule has 8 heteroatoms. The number of carbonyl (C=O) groups excluding carboxylic acids is 2. The molecule has 0 aliphatic heterocycles. The lowest BCUT2D eigenvalue weighted by molar-refractivity contribution is -0.134. The fourth-order valence-corrected chi connectivity index (χ4v) is 4.23. The van der Waals surface area contributed by atoms with Crippen molar-refractivity contribution in [2.24, 2.45) is 17.1 Å². The Hall–Kier alpha value is -2.87. The lowest BCUT2D eigenvalue weighted by Gasteiger charge is -2.32. The number of oxazole rings is 1. The smallest absolute Gasteiger partial charge is 0.226 e. The molecule has 8 nitrogen and oxygen atoms in total. The van der Waals surface area contributed by atoms with Crippen molar-refractivity contribution in [2.45, 2.75) is 65.5 Å². The van der Waals surface area contributed by atoms with Crippen molar-refractivity contribution in [1.29, 1.82) is 0 Å². The standard InChI is InChI=1S/C25H35N3O5/c1-16-21(28-23(33-16)18-8-6-10-20(12-18)31-4)15-32-14-17-7-5-9-19(11-17)27-24(30)25(2,3)13-22(26)29/h6,8,10,12,17,19H,5,7,9,11,13-15H2,1-4H3,(H2,26,29)(H,27,30). The van der Waals surface area contributed by atoms with E-state index in [1.165, 1.54) is 0 Å². The summed E-state index contributed by atoms with van der Waals surface area (Å²) in [5, 5.41) is 3.10. The molecule has 1 fully saturated rings. The van der Waals surface area contributed by atoms with E-state index < -0.39 is 11.3 Å². The van der Waals surface area contributed by atoms with Crippen LogP contribution < -0.4 is 15.8 Å². The van der Waals surface area contributed by atoms with Crippen LogP contribution in [0.1, 0.15) is 57.4 Å². The Morgan fingerprint density at radius 3 is 2.82 bits per heavy atom. The van der Waals surface area contributed by atoms with Gasteiger partial charge in [0.1, 0.15) is 17.2 Å². The number of aryl methyl sites for hydroxylation is 1. The molecule has 1 heterocycles. The van der Waals surface area contributed by atoms with Gasteiger partial charge in [0.25, 0.3) is 0 Å². The quantitative estimate of drug-likeness (QED) is 0.561. The van der Waals surface area contributed by atoms with Gasteiger partial charge in [-0.2, -0.15) is 0 Å². The summed E-state index contributed by atoms with van der Waals surface area (Å²) in [5.74, 6) is 1.78. The highest BCUT2D eigenvalue weighted by Crippen LogP contribution is 2.28. The molecule has 0 radical (unpaired) electrons. The van der Waals surface area contributed by atoms with Crippen molar-refractivity contribution < 1.29 is 23.5 Å². The summed E-state index contributed by atoms with van der Waals surface area (Å²) in [7, 11) is 1.63. The molecule has 3 N–H and O–H groups in total. The number of hydrogen-bond donors (Lipinski definition) is 2. The van der Waals surface area contributed by atoms with Crippen LogP contribution in [0.15, 0.2) is 28.7 Å². The molecule has 2 aromatic rings. The molecule has 1 aliphatic rings. The molecule has 1 aliphatic carbocycles. The monoisotopic (exact) mass is 457 g/mol. The average Bonchev–Trinajstić information content (AvgIpc) is 3.14. The van der Waals surface area contributed by atoms with Gasteiger partial charge in [-0.3, -0.25) is 9.59 Å². The first-order valence-corrected chi connectivity index (χ1v) is 11.5. The third-order valence-electron chi connectivity index (χ3n) is 6.15. The number of nitrogens with two attached hydrogens (primary N) is 1. The van der Waals surface area contributed by atoms with Crippen molar-refractivity contribution >= 4 is 11.8 Å². The third kappa shape index (κ3) is 6.81. The van der Waals surface area contributed by atoms with Crippen molar-refractivity contribution in [1.82, 2.24) is 10.3 Å². The molecule has 3 rings (SSSR count). The average molecular weight is 458 g/mol. The van der Waals surface area contributed by atoms with Gasteiger partial charge in [0.15, 0.2) is 0 Å². The number of methoxy groups -OCH3 is 1. The summed E-state index contributed by atoms with van der Waals surface area (Å²) in [6, 6.07) is 7.68. The molecular formula is C25H35N3O5. The second-order valence-electron chi connectivity index (χ2n) is 9.50. The van der Waals surface area contributed by atoms with Gasteiger partial charge < -0.3 is 24.9 Å². The Bertz CT molecular complexity index is 969. The van der Waals surface area contributed by atoms with E-state index in [1.807, 2.05) is 31.2 Å². The normalized spacial score (nSPS) is 18.7. The predicted octanol–water partition coefficient (Wildman–Crippen LogP) is 3.75. The first kappa shape index (κ1) is 24.8. The molecule has 2 unspecified atom stereocenters. The lowest BCUT2D eigenvalue weighted by Crippen LogP contribution is -2.46. The third-order valence-corrected chi connectivity index (χ3v) is 6.15. The van der Waals surface area contributed by atoms with E-state index in [1.54, 1.807) is 21.0 Å². The molecule has 2 atom stereocenters. The number of ether oxygens (including phenoxy) is 2. The van der Waals surface area contributed by atoms with Crippen LogP contribution in [0, 0.1) is 18.3 Å². The summed E-state index contributed by atoms with van der Waals surface area (Å²) < 4.78 is 17.1. The zero-order valence-electron chi connectivity index (χ0n) is 20.0. The first-order valence-electron chi connectivity index (χ1n) is 11.5. The molecule has 0 bridgehead atoms. The Kier molecular flexibility index (Phi) is 8.13. The fraction of sp³-hybridized carbons (Fsp3) is 0.560. The zero-order chi connectivity index (χ0) is 24.0. The maximum absolute atomic E-state index is 12.6. The van der Waals surface area contributed by atoms with Crippen LogP contribution in [0.4, 0.5) is 0 Å². The van der Waals surface area contributed by atoms with Crippen molar-refractivity contribution in [3.8, 4) is 17.2 Å². The summed E-state index contributed by atoms with van der Waals surface area (Å²) in [4.78, 5) is 28.4. The maximum Gasteiger partial charge on any atom is 0.226 e. The molecule has 1 aromatic carbocycles.